The van der Waals surface area contributed by atoms with Crippen molar-refractivity contribution < 1.29 is 0 Å². The monoisotopic (exact) mass is 169 g/mol. The lowest BCUT2D eigenvalue weighted by Gasteiger charge is -1.97. The van der Waals surface area contributed by atoms with Crippen LogP contribution < -0.4 is 5.32 Å². The number of hydrogen-bond acceptors (Lipinski definition) is 4. The van der Waals surface area contributed by atoms with E-state index >= 15 is 0 Å². The van der Waals surface area contributed by atoms with Crippen molar-refractivity contribution >= 4 is 11.5 Å². The second kappa shape index (κ2) is 2.87. The second-order valence-electron chi connectivity index (χ2n) is 3.10. The summed E-state index contributed by atoms with van der Waals surface area (Å²) in [4.78, 5) is 0. The SMILES string of the molecule is C[C@@H]1C[C@H]1NCc1csnn1. The molecule has 0 radical (unpaired) electrons. The molecule has 0 saturated heterocycles. The van der Waals surface area contributed by atoms with E-state index in [1.165, 1.54) is 18.0 Å². The van der Waals surface area contributed by atoms with Gasteiger partial charge in [-0.2, -0.15) is 0 Å². The summed E-state index contributed by atoms with van der Waals surface area (Å²) < 4.78 is 3.79. The van der Waals surface area contributed by atoms with E-state index < -0.39 is 0 Å². The van der Waals surface area contributed by atoms with E-state index in [0.29, 0.717) is 0 Å². The summed E-state index contributed by atoms with van der Waals surface area (Å²) in [6, 6.07) is 0.733. The lowest BCUT2D eigenvalue weighted by molar-refractivity contribution is 0.641. The van der Waals surface area contributed by atoms with Crippen molar-refractivity contribution in [2.24, 2.45) is 5.92 Å². The predicted octanol–water partition coefficient (Wildman–Crippen LogP) is 1.04. The summed E-state index contributed by atoms with van der Waals surface area (Å²) in [6.45, 7) is 3.14. The fraction of sp³-hybridized carbons (Fsp3) is 0.714. The summed E-state index contributed by atoms with van der Waals surface area (Å²) in [5.41, 5.74) is 1.06. The van der Waals surface area contributed by atoms with E-state index in [1.807, 2.05) is 5.38 Å². The Labute approximate surface area is 70.0 Å². The molecule has 60 valence electrons. The van der Waals surface area contributed by atoms with Crippen LogP contribution in [0.4, 0.5) is 0 Å². The first-order valence-electron chi connectivity index (χ1n) is 3.85. The molecule has 4 heteroatoms. The predicted molar refractivity (Wildman–Crippen MR) is 44.3 cm³/mol. The molecule has 0 spiro atoms. The third kappa shape index (κ3) is 1.75. The summed E-state index contributed by atoms with van der Waals surface area (Å²) in [5.74, 6) is 0.863. The van der Waals surface area contributed by atoms with Gasteiger partial charge in [0.15, 0.2) is 0 Å². The van der Waals surface area contributed by atoms with Crippen molar-refractivity contribution in [3.63, 3.8) is 0 Å². The van der Waals surface area contributed by atoms with Gasteiger partial charge in [-0.3, -0.25) is 0 Å². The van der Waals surface area contributed by atoms with Crippen LogP contribution >= 0.6 is 11.5 Å². The van der Waals surface area contributed by atoms with Crippen LogP contribution in [-0.4, -0.2) is 15.6 Å². The molecule has 1 saturated carbocycles. The number of aromatic nitrogens is 2. The molecule has 0 unspecified atom stereocenters. The fourth-order valence-corrected chi connectivity index (χ4v) is 1.55. The van der Waals surface area contributed by atoms with Crippen molar-refractivity contribution in [1.82, 2.24) is 14.9 Å². The maximum absolute atomic E-state index is 3.95. The minimum absolute atomic E-state index is 0.733. The highest BCUT2D eigenvalue weighted by molar-refractivity contribution is 7.03. The van der Waals surface area contributed by atoms with E-state index in [-0.39, 0.29) is 0 Å². The Morgan fingerprint density at radius 1 is 1.82 bits per heavy atom. The number of hydrogen-bond donors (Lipinski definition) is 1. The van der Waals surface area contributed by atoms with Gasteiger partial charge in [0.1, 0.15) is 0 Å². The van der Waals surface area contributed by atoms with Crippen molar-refractivity contribution in [2.45, 2.75) is 25.9 Å². The maximum atomic E-state index is 3.95. The summed E-state index contributed by atoms with van der Waals surface area (Å²) in [5, 5.41) is 9.35. The van der Waals surface area contributed by atoms with Gasteiger partial charge in [-0.1, -0.05) is 11.4 Å². The quantitative estimate of drug-likeness (QED) is 0.734. The van der Waals surface area contributed by atoms with E-state index in [4.69, 9.17) is 0 Å². The Kier molecular flexibility index (Phi) is 1.87. The standard InChI is InChI=1S/C7H11N3S/c1-5-2-7(5)8-3-6-4-11-10-9-6/h4-5,7-8H,2-3H2,1H3/t5-,7-/m1/s1. The molecule has 0 aliphatic heterocycles. The minimum Gasteiger partial charge on any atom is -0.308 e. The van der Waals surface area contributed by atoms with Crippen LogP contribution in [0, 0.1) is 5.92 Å². The molecule has 2 rings (SSSR count). The van der Waals surface area contributed by atoms with Gasteiger partial charge in [0.25, 0.3) is 0 Å². The van der Waals surface area contributed by atoms with Gasteiger partial charge < -0.3 is 5.32 Å². The molecular formula is C7H11N3S. The smallest absolute Gasteiger partial charge is 0.0893 e. The Morgan fingerprint density at radius 2 is 2.64 bits per heavy atom. The average Bonchev–Trinajstić information content (AvgIpc) is 2.55. The van der Waals surface area contributed by atoms with E-state index in [2.05, 4.69) is 21.8 Å². The number of nitrogens with one attached hydrogen (secondary N) is 1. The molecule has 1 aliphatic rings. The summed E-state index contributed by atoms with van der Waals surface area (Å²) >= 11 is 1.41. The molecule has 0 amide bonds. The van der Waals surface area contributed by atoms with Gasteiger partial charge >= 0.3 is 0 Å². The minimum atomic E-state index is 0.733. The first-order chi connectivity index (χ1) is 5.36. The van der Waals surface area contributed by atoms with Gasteiger partial charge in [0.2, 0.25) is 0 Å². The zero-order valence-electron chi connectivity index (χ0n) is 6.45. The summed E-state index contributed by atoms with van der Waals surface area (Å²) in [6.07, 6.45) is 1.32. The van der Waals surface area contributed by atoms with Crippen molar-refractivity contribution in [2.75, 3.05) is 0 Å². The number of rotatable bonds is 3. The highest BCUT2D eigenvalue weighted by atomic mass is 32.1. The maximum Gasteiger partial charge on any atom is 0.0893 e. The van der Waals surface area contributed by atoms with Crippen LogP contribution in [0.1, 0.15) is 19.0 Å². The zero-order chi connectivity index (χ0) is 7.68. The molecule has 1 aliphatic carbocycles. The first kappa shape index (κ1) is 7.18. The van der Waals surface area contributed by atoms with Crippen LogP contribution in [0.15, 0.2) is 5.38 Å². The Morgan fingerprint density at radius 3 is 3.18 bits per heavy atom. The van der Waals surface area contributed by atoms with E-state index in [9.17, 15) is 0 Å². The van der Waals surface area contributed by atoms with Crippen LogP contribution in [0.2, 0.25) is 0 Å². The Bertz CT molecular complexity index is 222. The lowest BCUT2D eigenvalue weighted by atomic mass is 10.4. The lowest BCUT2D eigenvalue weighted by Crippen LogP contribution is -2.17. The van der Waals surface area contributed by atoms with Gasteiger partial charge in [0.05, 0.1) is 5.69 Å². The van der Waals surface area contributed by atoms with Crippen molar-refractivity contribution in [1.29, 1.82) is 0 Å². The highest BCUT2D eigenvalue weighted by Gasteiger charge is 2.31. The largest absolute Gasteiger partial charge is 0.308 e. The molecule has 1 fully saturated rings. The van der Waals surface area contributed by atoms with E-state index in [1.54, 1.807) is 0 Å². The Balaban J connectivity index is 1.75. The highest BCUT2D eigenvalue weighted by Crippen LogP contribution is 2.29. The zero-order valence-corrected chi connectivity index (χ0v) is 7.27. The van der Waals surface area contributed by atoms with Crippen LogP contribution in [0.3, 0.4) is 0 Å². The molecule has 0 aromatic carbocycles. The molecular weight excluding hydrogens is 158 g/mol. The van der Waals surface area contributed by atoms with Crippen LogP contribution in [0.5, 0.6) is 0 Å². The van der Waals surface area contributed by atoms with Crippen LogP contribution in [-0.2, 0) is 6.54 Å². The fourth-order valence-electron chi connectivity index (χ4n) is 1.10. The molecule has 1 aromatic heterocycles. The first-order valence-corrected chi connectivity index (χ1v) is 4.69. The topological polar surface area (TPSA) is 37.8 Å². The van der Waals surface area contributed by atoms with Gasteiger partial charge in [-0.15, -0.1) is 5.10 Å². The molecule has 1 aromatic rings. The molecule has 0 bridgehead atoms. The molecule has 1 N–H and O–H groups in total. The van der Waals surface area contributed by atoms with Crippen LogP contribution in [0.25, 0.3) is 0 Å². The van der Waals surface area contributed by atoms with Crippen molar-refractivity contribution in [3.8, 4) is 0 Å². The third-order valence-corrected chi connectivity index (χ3v) is 2.61. The average molecular weight is 169 g/mol. The molecule has 3 nitrogen and oxygen atoms in total. The number of nitrogens with zero attached hydrogens (tertiary/aromatic N) is 2. The molecule has 1 heterocycles. The third-order valence-electron chi connectivity index (χ3n) is 2.06. The second-order valence-corrected chi connectivity index (χ2v) is 3.71. The normalized spacial score (nSPS) is 28.8. The van der Waals surface area contributed by atoms with Crippen molar-refractivity contribution in [3.05, 3.63) is 11.1 Å². The molecule has 11 heavy (non-hydrogen) atoms. The van der Waals surface area contributed by atoms with E-state index in [0.717, 1.165) is 24.2 Å². The molecule has 2 atom stereocenters. The Hall–Kier alpha value is -0.480. The van der Waals surface area contributed by atoms with Gasteiger partial charge in [0, 0.05) is 18.0 Å². The summed E-state index contributed by atoms with van der Waals surface area (Å²) in [7, 11) is 0. The van der Waals surface area contributed by atoms with Gasteiger partial charge in [-0.05, 0) is 23.9 Å². The van der Waals surface area contributed by atoms with Gasteiger partial charge in [-0.25, -0.2) is 0 Å².